The SMILES string of the molecule is CN1CCN(c2cc(Nc3ncc(C#N)c(Nc4cccc(N=S(C)(C)=O)n4)n3)cc3c2CCN(C)C3)CC1. The maximum Gasteiger partial charge on any atom is 0.229 e. The van der Waals surface area contributed by atoms with Crippen LogP contribution in [-0.2, 0) is 22.7 Å². The molecular formula is C27H34N10OS. The molecule has 1 aromatic carbocycles. The standard InChI is InChI=1S/C27H34N10OS/c1-35-10-12-37(13-11-35)23-15-21(14-19-18-36(2)9-8-22(19)23)30-27-29-17-20(16-28)26(33-27)32-24-6-5-7-25(31-24)34-39(3,4)38/h5-7,14-15,17H,8-13,18H2,1-4H3,(H2,29,30,31,32,33). The van der Waals surface area contributed by atoms with Crippen LogP contribution in [0.5, 0.6) is 0 Å². The lowest BCUT2D eigenvalue weighted by atomic mass is 9.96. The number of benzene rings is 1. The molecule has 204 valence electrons. The number of hydrogen-bond acceptors (Lipinski definition) is 11. The molecule has 2 N–H and O–H groups in total. The zero-order valence-corrected chi connectivity index (χ0v) is 23.6. The van der Waals surface area contributed by atoms with E-state index in [4.69, 9.17) is 0 Å². The summed E-state index contributed by atoms with van der Waals surface area (Å²) in [5.74, 6) is 1.48. The Balaban J connectivity index is 1.45. The minimum Gasteiger partial charge on any atom is -0.369 e. The van der Waals surface area contributed by atoms with Crippen LogP contribution in [0.3, 0.4) is 0 Å². The summed E-state index contributed by atoms with van der Waals surface area (Å²) in [5.41, 5.74) is 5.20. The minimum absolute atomic E-state index is 0.282. The maximum atomic E-state index is 12.1. The molecule has 3 aromatic rings. The third-order valence-electron chi connectivity index (χ3n) is 6.81. The van der Waals surface area contributed by atoms with Crippen molar-refractivity contribution in [2.24, 2.45) is 4.36 Å². The van der Waals surface area contributed by atoms with Crippen LogP contribution < -0.4 is 15.5 Å². The van der Waals surface area contributed by atoms with E-state index in [1.807, 2.05) is 0 Å². The molecule has 2 aromatic heterocycles. The normalized spacial score (nSPS) is 16.3. The minimum atomic E-state index is -2.36. The number of aromatic nitrogens is 3. The molecule has 0 saturated carbocycles. The van der Waals surface area contributed by atoms with E-state index in [-0.39, 0.29) is 5.56 Å². The highest BCUT2D eigenvalue weighted by atomic mass is 32.2. The Hall–Kier alpha value is -3.79. The van der Waals surface area contributed by atoms with Crippen molar-refractivity contribution in [3.05, 3.63) is 53.2 Å². The number of anilines is 5. The summed E-state index contributed by atoms with van der Waals surface area (Å²) in [6, 6.07) is 11.7. The number of hydrogen-bond donors (Lipinski definition) is 2. The molecule has 0 amide bonds. The van der Waals surface area contributed by atoms with Gasteiger partial charge in [0.15, 0.2) is 11.6 Å². The maximum absolute atomic E-state index is 12.1. The van der Waals surface area contributed by atoms with E-state index in [2.05, 4.69) is 76.9 Å². The number of likely N-dealkylation sites (N-methyl/N-ethyl adjacent to an activating group) is 2. The van der Waals surface area contributed by atoms with Crippen LogP contribution in [0.1, 0.15) is 16.7 Å². The quantitative estimate of drug-likeness (QED) is 0.475. The Labute approximate surface area is 230 Å². The van der Waals surface area contributed by atoms with Crippen molar-refractivity contribution in [1.29, 1.82) is 5.26 Å². The number of nitrogens with one attached hydrogen (secondary N) is 2. The highest BCUT2D eigenvalue weighted by molar-refractivity contribution is 7.92. The molecule has 0 bridgehead atoms. The molecule has 39 heavy (non-hydrogen) atoms. The van der Waals surface area contributed by atoms with Crippen LogP contribution in [-0.4, -0.2) is 88.3 Å². The second kappa shape index (κ2) is 11.1. The third-order valence-corrected chi connectivity index (χ3v) is 7.43. The van der Waals surface area contributed by atoms with Crippen molar-refractivity contribution in [2.45, 2.75) is 13.0 Å². The van der Waals surface area contributed by atoms with Crippen LogP contribution in [0.4, 0.5) is 34.8 Å². The van der Waals surface area contributed by atoms with E-state index in [0.29, 0.717) is 23.4 Å². The molecule has 0 unspecified atom stereocenters. The van der Waals surface area contributed by atoms with Gasteiger partial charge in [0.05, 0.1) is 6.20 Å². The van der Waals surface area contributed by atoms with Crippen molar-refractivity contribution < 1.29 is 4.21 Å². The van der Waals surface area contributed by atoms with E-state index < -0.39 is 9.73 Å². The van der Waals surface area contributed by atoms with Gasteiger partial charge in [-0.2, -0.15) is 14.6 Å². The molecular weight excluding hydrogens is 512 g/mol. The first-order valence-electron chi connectivity index (χ1n) is 12.9. The average Bonchev–Trinajstić information content (AvgIpc) is 2.88. The Morgan fingerprint density at radius 2 is 1.82 bits per heavy atom. The van der Waals surface area contributed by atoms with Crippen LogP contribution >= 0.6 is 0 Å². The summed E-state index contributed by atoms with van der Waals surface area (Å²) >= 11 is 0. The van der Waals surface area contributed by atoms with Gasteiger partial charge in [-0.25, -0.2) is 14.2 Å². The second-order valence-electron chi connectivity index (χ2n) is 10.4. The highest BCUT2D eigenvalue weighted by Gasteiger charge is 2.23. The van der Waals surface area contributed by atoms with E-state index in [0.717, 1.165) is 51.4 Å². The Morgan fingerprint density at radius 1 is 1.03 bits per heavy atom. The van der Waals surface area contributed by atoms with Gasteiger partial charge in [0.1, 0.15) is 17.5 Å². The third kappa shape index (κ3) is 6.62. The number of nitriles is 1. The highest BCUT2D eigenvalue weighted by Crippen LogP contribution is 2.34. The van der Waals surface area contributed by atoms with Crippen molar-refractivity contribution >= 4 is 44.5 Å². The lowest BCUT2D eigenvalue weighted by Crippen LogP contribution is -2.45. The van der Waals surface area contributed by atoms with E-state index in [1.54, 1.807) is 30.7 Å². The molecule has 1 saturated heterocycles. The molecule has 2 aliphatic rings. The van der Waals surface area contributed by atoms with Crippen LogP contribution in [0.15, 0.2) is 40.9 Å². The topological polar surface area (TPSA) is 126 Å². The van der Waals surface area contributed by atoms with E-state index >= 15 is 0 Å². The summed E-state index contributed by atoms with van der Waals surface area (Å²) in [6.07, 6.45) is 5.63. The number of pyridine rings is 1. The fourth-order valence-corrected chi connectivity index (χ4v) is 5.41. The fraction of sp³-hybridized carbons (Fsp3) is 0.407. The van der Waals surface area contributed by atoms with E-state index in [9.17, 15) is 9.47 Å². The first-order valence-corrected chi connectivity index (χ1v) is 15.2. The molecule has 0 aliphatic carbocycles. The predicted octanol–water partition coefficient (Wildman–Crippen LogP) is 3.33. The fourth-order valence-electron chi connectivity index (χ4n) is 4.86. The van der Waals surface area contributed by atoms with Crippen molar-refractivity contribution in [2.75, 3.05) is 74.9 Å². The van der Waals surface area contributed by atoms with Crippen molar-refractivity contribution in [3.63, 3.8) is 0 Å². The number of rotatable bonds is 6. The molecule has 5 rings (SSSR count). The Morgan fingerprint density at radius 3 is 2.56 bits per heavy atom. The number of piperazine rings is 1. The van der Waals surface area contributed by atoms with Gasteiger partial charge in [-0.1, -0.05) is 6.07 Å². The summed E-state index contributed by atoms with van der Waals surface area (Å²) in [4.78, 5) is 20.6. The summed E-state index contributed by atoms with van der Waals surface area (Å²) < 4.78 is 16.2. The number of fused-ring (bicyclic) bond motifs is 1. The zero-order valence-electron chi connectivity index (χ0n) is 22.8. The number of nitrogens with zero attached hydrogens (tertiary/aromatic N) is 8. The Kier molecular flexibility index (Phi) is 7.65. The van der Waals surface area contributed by atoms with Gasteiger partial charge in [0.25, 0.3) is 0 Å². The Bertz CT molecular complexity index is 1530. The van der Waals surface area contributed by atoms with Gasteiger partial charge >= 0.3 is 0 Å². The average molecular weight is 547 g/mol. The van der Waals surface area contributed by atoms with Crippen LogP contribution in [0, 0.1) is 11.3 Å². The molecule has 11 nitrogen and oxygen atoms in total. The van der Waals surface area contributed by atoms with Gasteiger partial charge in [0, 0.05) is 72.9 Å². The molecule has 0 atom stereocenters. The molecule has 12 heteroatoms. The van der Waals surface area contributed by atoms with Crippen molar-refractivity contribution in [1.82, 2.24) is 24.8 Å². The van der Waals surface area contributed by atoms with Gasteiger partial charge in [-0.15, -0.1) is 0 Å². The lowest BCUT2D eigenvalue weighted by molar-refractivity contribution is 0.306. The summed E-state index contributed by atoms with van der Waals surface area (Å²) in [6.45, 7) is 6.00. The van der Waals surface area contributed by atoms with Gasteiger partial charge < -0.3 is 25.3 Å². The summed E-state index contributed by atoms with van der Waals surface area (Å²) in [7, 11) is 1.96. The monoisotopic (exact) mass is 546 g/mol. The molecule has 0 radical (unpaired) electrons. The lowest BCUT2D eigenvalue weighted by Gasteiger charge is -2.37. The predicted molar refractivity (Wildman–Crippen MR) is 156 cm³/mol. The molecule has 1 fully saturated rings. The molecule has 4 heterocycles. The first-order chi connectivity index (χ1) is 18.7. The second-order valence-corrected chi connectivity index (χ2v) is 12.9. The zero-order chi connectivity index (χ0) is 27.6. The van der Waals surface area contributed by atoms with Crippen molar-refractivity contribution in [3.8, 4) is 6.07 Å². The van der Waals surface area contributed by atoms with Crippen LogP contribution in [0.25, 0.3) is 0 Å². The van der Waals surface area contributed by atoms with Gasteiger partial charge in [-0.3, -0.25) is 0 Å². The largest absolute Gasteiger partial charge is 0.369 e. The summed E-state index contributed by atoms with van der Waals surface area (Å²) in [5, 5.41) is 16.1. The van der Waals surface area contributed by atoms with E-state index in [1.165, 1.54) is 23.0 Å². The smallest absolute Gasteiger partial charge is 0.229 e. The van der Waals surface area contributed by atoms with Crippen LogP contribution in [0.2, 0.25) is 0 Å². The molecule has 2 aliphatic heterocycles. The van der Waals surface area contributed by atoms with Gasteiger partial charge in [0.2, 0.25) is 5.95 Å². The first kappa shape index (κ1) is 26.8. The van der Waals surface area contributed by atoms with Gasteiger partial charge in [-0.05, 0) is 55.9 Å². The molecule has 0 spiro atoms.